The summed E-state index contributed by atoms with van der Waals surface area (Å²) < 4.78 is 12.1. The van der Waals surface area contributed by atoms with Crippen LogP contribution in [-0.2, 0) is 14.3 Å². The molecule has 2 aromatic carbocycles. The molecule has 1 aromatic heterocycles. The van der Waals surface area contributed by atoms with E-state index in [1.165, 1.54) is 29.9 Å². The molecule has 2 heterocycles. The fourth-order valence-corrected chi connectivity index (χ4v) is 4.81. The van der Waals surface area contributed by atoms with E-state index in [-0.39, 0.29) is 11.1 Å². The van der Waals surface area contributed by atoms with Crippen molar-refractivity contribution in [1.82, 2.24) is 4.57 Å². The number of esters is 2. The van der Waals surface area contributed by atoms with Crippen molar-refractivity contribution in [2.45, 2.75) is 19.9 Å². The van der Waals surface area contributed by atoms with Crippen LogP contribution < -0.4 is 19.6 Å². The van der Waals surface area contributed by atoms with Gasteiger partial charge < -0.3 is 9.47 Å². The van der Waals surface area contributed by atoms with Gasteiger partial charge in [-0.2, -0.15) is 0 Å². The number of nitrogens with zero attached hydrogens (tertiary/aromatic N) is 2. The molecule has 1 unspecified atom stereocenters. The van der Waals surface area contributed by atoms with E-state index in [9.17, 15) is 14.4 Å². The molecule has 168 valence electrons. The van der Waals surface area contributed by atoms with Crippen molar-refractivity contribution in [1.29, 1.82) is 0 Å². The number of halogens is 1. The number of hydrogen-bond acceptors (Lipinski definition) is 7. The lowest BCUT2D eigenvalue weighted by Gasteiger charge is -2.24. The SMILES string of the molecule is COC(=O)C1=C(C)N=c2s/c(=C\c3ccccc3OC(C)=O)c(=O)n2C1c1ccc(Cl)cc1. The van der Waals surface area contributed by atoms with Gasteiger partial charge in [-0.3, -0.25) is 14.2 Å². The second kappa shape index (κ2) is 9.17. The van der Waals surface area contributed by atoms with E-state index >= 15 is 0 Å². The molecule has 9 heteroatoms. The van der Waals surface area contributed by atoms with Crippen molar-refractivity contribution in [2.24, 2.45) is 4.99 Å². The number of methoxy groups -OCH3 is 1. The summed E-state index contributed by atoms with van der Waals surface area (Å²) in [5.41, 5.74) is 1.69. The van der Waals surface area contributed by atoms with Crippen molar-refractivity contribution in [3.63, 3.8) is 0 Å². The third-order valence-electron chi connectivity index (χ3n) is 5.07. The highest BCUT2D eigenvalue weighted by atomic mass is 35.5. The first-order valence-electron chi connectivity index (χ1n) is 9.94. The molecule has 0 bridgehead atoms. The molecule has 0 N–H and O–H groups in total. The van der Waals surface area contributed by atoms with E-state index in [2.05, 4.69) is 4.99 Å². The first-order valence-corrected chi connectivity index (χ1v) is 11.1. The van der Waals surface area contributed by atoms with E-state index in [1.807, 2.05) is 0 Å². The highest BCUT2D eigenvalue weighted by molar-refractivity contribution is 7.07. The number of para-hydroxylation sites is 1. The summed E-state index contributed by atoms with van der Waals surface area (Å²) in [6.07, 6.45) is 1.65. The number of benzene rings is 2. The highest BCUT2D eigenvalue weighted by Gasteiger charge is 2.33. The maximum absolute atomic E-state index is 13.5. The number of aromatic nitrogens is 1. The van der Waals surface area contributed by atoms with Crippen LogP contribution in [0.2, 0.25) is 5.02 Å². The van der Waals surface area contributed by atoms with Crippen molar-refractivity contribution in [3.05, 3.63) is 95.6 Å². The predicted octanol–water partition coefficient (Wildman–Crippen LogP) is 2.99. The lowest BCUT2D eigenvalue weighted by atomic mass is 9.96. The van der Waals surface area contributed by atoms with Gasteiger partial charge in [0.15, 0.2) is 4.80 Å². The molecule has 0 radical (unpaired) electrons. The Bertz CT molecular complexity index is 1470. The molecule has 0 aliphatic carbocycles. The molecular weight excluding hydrogens is 464 g/mol. The third-order valence-corrected chi connectivity index (χ3v) is 6.31. The van der Waals surface area contributed by atoms with Crippen LogP contribution in [0.1, 0.15) is 31.0 Å². The van der Waals surface area contributed by atoms with Crippen LogP contribution in [0.25, 0.3) is 6.08 Å². The molecular formula is C24H19ClN2O5S. The Labute approximate surface area is 197 Å². The number of carbonyl (C=O) groups is 2. The molecule has 0 saturated heterocycles. The summed E-state index contributed by atoms with van der Waals surface area (Å²) >= 11 is 7.24. The Morgan fingerprint density at radius 1 is 1.15 bits per heavy atom. The molecule has 7 nitrogen and oxygen atoms in total. The molecule has 4 rings (SSSR count). The van der Waals surface area contributed by atoms with Crippen molar-refractivity contribution >= 4 is 41.0 Å². The van der Waals surface area contributed by atoms with Gasteiger partial charge in [0.2, 0.25) is 0 Å². The summed E-state index contributed by atoms with van der Waals surface area (Å²) in [5, 5.41) is 0.536. The van der Waals surface area contributed by atoms with Crippen LogP contribution >= 0.6 is 22.9 Å². The smallest absolute Gasteiger partial charge is 0.338 e. The molecule has 0 spiro atoms. The van der Waals surface area contributed by atoms with Crippen molar-refractivity contribution < 1.29 is 19.1 Å². The zero-order valence-electron chi connectivity index (χ0n) is 18.0. The largest absolute Gasteiger partial charge is 0.466 e. The summed E-state index contributed by atoms with van der Waals surface area (Å²) in [4.78, 5) is 42.6. The van der Waals surface area contributed by atoms with Gasteiger partial charge in [-0.25, -0.2) is 9.79 Å². The van der Waals surface area contributed by atoms with Crippen molar-refractivity contribution in [3.8, 4) is 5.75 Å². The lowest BCUT2D eigenvalue weighted by molar-refractivity contribution is -0.136. The van der Waals surface area contributed by atoms with E-state index in [0.29, 0.717) is 36.9 Å². The van der Waals surface area contributed by atoms with Crippen LogP contribution in [0.15, 0.2) is 69.6 Å². The molecule has 1 atom stereocenters. The molecule has 0 fully saturated rings. The van der Waals surface area contributed by atoms with Crippen LogP contribution in [-0.4, -0.2) is 23.6 Å². The van der Waals surface area contributed by atoms with Gasteiger partial charge in [-0.15, -0.1) is 0 Å². The minimum atomic E-state index is -0.725. The average molecular weight is 483 g/mol. The summed E-state index contributed by atoms with van der Waals surface area (Å²) in [6.45, 7) is 3.02. The number of rotatable bonds is 4. The Hall–Kier alpha value is -3.49. The number of ether oxygens (including phenoxy) is 2. The Balaban J connectivity index is 1.95. The quantitative estimate of drug-likeness (QED) is 0.421. The topological polar surface area (TPSA) is 87.0 Å². The van der Waals surface area contributed by atoms with Gasteiger partial charge in [-0.1, -0.05) is 53.3 Å². The fourth-order valence-electron chi connectivity index (χ4n) is 3.64. The van der Waals surface area contributed by atoms with Gasteiger partial charge in [0.25, 0.3) is 5.56 Å². The average Bonchev–Trinajstić information content (AvgIpc) is 3.08. The van der Waals surface area contributed by atoms with Crippen LogP contribution in [0.4, 0.5) is 0 Å². The fraction of sp³-hybridized carbons (Fsp3) is 0.167. The first-order chi connectivity index (χ1) is 15.8. The van der Waals surface area contributed by atoms with E-state index in [0.717, 1.165) is 0 Å². The van der Waals surface area contributed by atoms with Gasteiger partial charge in [0.1, 0.15) is 5.75 Å². The number of thiazole rings is 1. The molecule has 33 heavy (non-hydrogen) atoms. The summed E-state index contributed by atoms with van der Waals surface area (Å²) in [6, 6.07) is 13.1. The molecule has 0 saturated carbocycles. The maximum Gasteiger partial charge on any atom is 0.338 e. The number of hydrogen-bond donors (Lipinski definition) is 0. The Morgan fingerprint density at radius 3 is 2.52 bits per heavy atom. The molecule has 1 aliphatic rings. The zero-order chi connectivity index (χ0) is 23.7. The van der Waals surface area contributed by atoms with Gasteiger partial charge in [0, 0.05) is 17.5 Å². The van der Waals surface area contributed by atoms with E-state index in [4.69, 9.17) is 21.1 Å². The van der Waals surface area contributed by atoms with E-state index < -0.39 is 18.0 Å². The maximum atomic E-state index is 13.5. The van der Waals surface area contributed by atoms with Gasteiger partial charge in [-0.05, 0) is 36.8 Å². The zero-order valence-corrected chi connectivity index (χ0v) is 19.6. The second-order valence-electron chi connectivity index (χ2n) is 7.26. The third kappa shape index (κ3) is 4.40. The molecule has 3 aromatic rings. The van der Waals surface area contributed by atoms with Crippen molar-refractivity contribution in [2.75, 3.05) is 7.11 Å². The Morgan fingerprint density at radius 2 is 1.85 bits per heavy atom. The summed E-state index contributed by atoms with van der Waals surface area (Å²) in [5.74, 6) is -0.680. The normalized spacial score (nSPS) is 15.6. The number of fused-ring (bicyclic) bond motifs is 1. The molecule has 1 aliphatic heterocycles. The summed E-state index contributed by atoms with van der Waals surface area (Å²) in [7, 11) is 1.29. The number of allylic oxidation sites excluding steroid dienone is 1. The monoisotopic (exact) mass is 482 g/mol. The van der Waals surface area contributed by atoms with Crippen LogP contribution in [0.3, 0.4) is 0 Å². The highest BCUT2D eigenvalue weighted by Crippen LogP contribution is 2.31. The first kappa shape index (κ1) is 22.7. The standard InChI is InChI=1S/C24H19ClN2O5S/c1-13-20(23(30)31-3)21(15-8-10-17(25)11-9-15)27-22(29)19(33-24(27)26-13)12-16-6-4-5-7-18(16)32-14(2)28/h4-12,21H,1-3H3/b19-12-. The van der Waals surface area contributed by atoms with Gasteiger partial charge in [0.05, 0.1) is 29.0 Å². The van der Waals surface area contributed by atoms with Crippen LogP contribution in [0.5, 0.6) is 5.75 Å². The Kier molecular flexibility index (Phi) is 6.31. The minimum absolute atomic E-state index is 0.277. The van der Waals surface area contributed by atoms with E-state index in [1.54, 1.807) is 61.5 Å². The predicted molar refractivity (Wildman–Crippen MR) is 125 cm³/mol. The second-order valence-corrected chi connectivity index (χ2v) is 8.70. The lowest BCUT2D eigenvalue weighted by Crippen LogP contribution is -2.39. The number of carbonyl (C=O) groups excluding carboxylic acids is 2. The minimum Gasteiger partial charge on any atom is -0.466 e. The van der Waals surface area contributed by atoms with Crippen LogP contribution in [0, 0.1) is 0 Å². The molecule has 0 amide bonds. The van der Waals surface area contributed by atoms with Gasteiger partial charge >= 0.3 is 11.9 Å².